The van der Waals surface area contributed by atoms with Crippen LogP contribution in [0.2, 0.25) is 0 Å². The topological polar surface area (TPSA) is 72.5 Å². The predicted octanol–water partition coefficient (Wildman–Crippen LogP) is 4.30. The molecular formula is C16H17F6NO4S. The number of alkyl halides is 6. The van der Waals surface area contributed by atoms with Crippen LogP contribution in [0, 0.1) is 11.8 Å². The van der Waals surface area contributed by atoms with Crippen LogP contribution in [0.3, 0.4) is 0 Å². The second-order valence-corrected chi connectivity index (χ2v) is 8.28. The molecule has 1 fully saturated rings. The maximum Gasteiger partial charge on any atom is 0.501 e. The Kier molecular flexibility index (Phi) is 6.22. The average molecular weight is 433 g/mol. The number of ether oxygens (including phenoxy) is 1. The van der Waals surface area contributed by atoms with Crippen molar-refractivity contribution in [3.8, 4) is 5.75 Å². The summed E-state index contributed by atoms with van der Waals surface area (Å²) in [6.45, 7) is 0. The summed E-state index contributed by atoms with van der Waals surface area (Å²) in [5.41, 5.74) is -6.03. The molecule has 0 aromatic heterocycles. The predicted molar refractivity (Wildman–Crippen MR) is 86.4 cm³/mol. The molecule has 1 saturated carbocycles. The zero-order valence-corrected chi connectivity index (χ0v) is 15.3. The second kappa shape index (κ2) is 7.80. The highest BCUT2D eigenvalue weighted by molar-refractivity contribution is 7.92. The number of sulfone groups is 1. The Balaban J connectivity index is 2.36. The number of methoxy groups -OCH3 is 1. The number of anilines is 1. The van der Waals surface area contributed by atoms with E-state index in [0.717, 1.165) is 13.2 Å². The quantitative estimate of drug-likeness (QED) is 0.719. The van der Waals surface area contributed by atoms with Crippen LogP contribution in [-0.4, -0.2) is 33.1 Å². The normalized spacial score (nSPS) is 21.2. The SMILES string of the molecule is COc1ccc(S(=O)(=O)C(F)(F)F)cc1NC(=O)C1CCCCC1C(F)(F)F. The molecule has 1 aromatic rings. The van der Waals surface area contributed by atoms with E-state index in [1.54, 1.807) is 0 Å². The Morgan fingerprint density at radius 1 is 1.11 bits per heavy atom. The summed E-state index contributed by atoms with van der Waals surface area (Å²) in [5.74, 6) is -4.55. The van der Waals surface area contributed by atoms with Crippen molar-refractivity contribution in [3.05, 3.63) is 18.2 Å². The van der Waals surface area contributed by atoms with Crippen LogP contribution in [0.1, 0.15) is 25.7 Å². The Morgan fingerprint density at radius 2 is 1.71 bits per heavy atom. The lowest BCUT2D eigenvalue weighted by atomic mass is 9.78. The van der Waals surface area contributed by atoms with Crippen LogP contribution in [0.15, 0.2) is 23.1 Å². The van der Waals surface area contributed by atoms with E-state index in [4.69, 9.17) is 4.74 Å². The molecule has 12 heteroatoms. The van der Waals surface area contributed by atoms with Gasteiger partial charge in [0.05, 0.1) is 23.6 Å². The number of carbonyl (C=O) groups excluding carboxylic acids is 1. The van der Waals surface area contributed by atoms with Gasteiger partial charge >= 0.3 is 11.7 Å². The first-order chi connectivity index (χ1) is 12.8. The molecule has 1 aliphatic rings. The van der Waals surface area contributed by atoms with Crippen molar-refractivity contribution in [1.29, 1.82) is 0 Å². The number of nitrogens with one attached hydrogen (secondary N) is 1. The summed E-state index contributed by atoms with van der Waals surface area (Å²) in [6, 6.07) is 2.04. The summed E-state index contributed by atoms with van der Waals surface area (Å²) in [4.78, 5) is 11.3. The number of rotatable bonds is 4. The van der Waals surface area contributed by atoms with E-state index in [2.05, 4.69) is 5.32 Å². The van der Waals surface area contributed by atoms with Gasteiger partial charge in [-0.05, 0) is 31.0 Å². The molecule has 2 unspecified atom stereocenters. The molecule has 158 valence electrons. The minimum absolute atomic E-state index is 0.0428. The van der Waals surface area contributed by atoms with Gasteiger partial charge in [-0.25, -0.2) is 8.42 Å². The van der Waals surface area contributed by atoms with Crippen LogP contribution < -0.4 is 10.1 Å². The van der Waals surface area contributed by atoms with Gasteiger partial charge < -0.3 is 10.1 Å². The number of amides is 1. The molecule has 0 heterocycles. The van der Waals surface area contributed by atoms with E-state index in [1.807, 2.05) is 0 Å². The first-order valence-corrected chi connectivity index (χ1v) is 9.64. The van der Waals surface area contributed by atoms with Crippen LogP contribution in [0.5, 0.6) is 5.75 Å². The Morgan fingerprint density at radius 3 is 2.25 bits per heavy atom. The minimum Gasteiger partial charge on any atom is -0.495 e. The molecule has 2 atom stereocenters. The van der Waals surface area contributed by atoms with Crippen molar-refractivity contribution in [2.24, 2.45) is 11.8 Å². The maximum absolute atomic E-state index is 13.2. The standard InChI is InChI=1S/C16H17F6NO4S/c1-27-13-7-6-9(28(25,26)16(20,21)22)8-12(13)23-14(24)10-4-2-3-5-11(10)15(17,18)19/h6-8,10-11H,2-5H2,1H3,(H,23,24). The number of hydrogen-bond acceptors (Lipinski definition) is 4. The number of benzene rings is 1. The van der Waals surface area contributed by atoms with E-state index in [-0.39, 0.29) is 18.6 Å². The van der Waals surface area contributed by atoms with E-state index < -0.39 is 49.8 Å². The van der Waals surface area contributed by atoms with Gasteiger partial charge in [-0.3, -0.25) is 4.79 Å². The van der Waals surface area contributed by atoms with E-state index in [0.29, 0.717) is 25.0 Å². The third kappa shape index (κ3) is 4.53. The van der Waals surface area contributed by atoms with Gasteiger partial charge in [0.25, 0.3) is 9.84 Å². The van der Waals surface area contributed by atoms with E-state index in [1.165, 1.54) is 0 Å². The first-order valence-electron chi connectivity index (χ1n) is 8.16. The van der Waals surface area contributed by atoms with Crippen molar-refractivity contribution in [2.75, 3.05) is 12.4 Å². The Hall–Kier alpha value is -1.98. The minimum atomic E-state index is -5.71. The molecule has 1 N–H and O–H groups in total. The summed E-state index contributed by atoms with van der Waals surface area (Å²) in [5, 5.41) is 2.10. The molecule has 0 aliphatic heterocycles. The highest BCUT2D eigenvalue weighted by Crippen LogP contribution is 2.42. The largest absolute Gasteiger partial charge is 0.501 e. The van der Waals surface area contributed by atoms with Crippen molar-refractivity contribution in [1.82, 2.24) is 0 Å². The molecule has 0 radical (unpaired) electrons. The second-order valence-electron chi connectivity index (χ2n) is 6.34. The smallest absolute Gasteiger partial charge is 0.495 e. The molecule has 0 saturated heterocycles. The summed E-state index contributed by atoms with van der Waals surface area (Å²) < 4.78 is 106. The Bertz CT molecular complexity index is 835. The first kappa shape index (κ1) is 22.3. The molecule has 1 aliphatic carbocycles. The number of halogens is 6. The van der Waals surface area contributed by atoms with Crippen LogP contribution in [0.25, 0.3) is 0 Å². The highest BCUT2D eigenvalue weighted by Gasteiger charge is 2.49. The molecule has 0 spiro atoms. The van der Waals surface area contributed by atoms with Gasteiger partial charge in [0.15, 0.2) is 0 Å². The molecule has 1 amide bonds. The van der Waals surface area contributed by atoms with Gasteiger partial charge in [0, 0.05) is 5.92 Å². The lowest BCUT2D eigenvalue weighted by Gasteiger charge is -2.32. The molecular weight excluding hydrogens is 416 g/mol. The highest BCUT2D eigenvalue weighted by atomic mass is 32.2. The lowest BCUT2D eigenvalue weighted by molar-refractivity contribution is -0.197. The van der Waals surface area contributed by atoms with Crippen molar-refractivity contribution >= 4 is 21.4 Å². The fourth-order valence-electron chi connectivity index (χ4n) is 3.15. The average Bonchev–Trinajstić information content (AvgIpc) is 2.60. The van der Waals surface area contributed by atoms with E-state index in [9.17, 15) is 39.6 Å². The zero-order chi connectivity index (χ0) is 21.3. The fraction of sp³-hybridized carbons (Fsp3) is 0.562. The molecule has 5 nitrogen and oxygen atoms in total. The third-order valence-electron chi connectivity index (χ3n) is 4.57. The zero-order valence-electron chi connectivity index (χ0n) is 14.5. The van der Waals surface area contributed by atoms with Gasteiger partial charge in [-0.15, -0.1) is 0 Å². The van der Waals surface area contributed by atoms with Crippen LogP contribution in [-0.2, 0) is 14.6 Å². The number of carbonyl (C=O) groups is 1. The van der Waals surface area contributed by atoms with Crippen LogP contribution >= 0.6 is 0 Å². The number of hydrogen-bond donors (Lipinski definition) is 1. The van der Waals surface area contributed by atoms with Crippen molar-refractivity contribution in [3.63, 3.8) is 0 Å². The lowest BCUT2D eigenvalue weighted by Crippen LogP contribution is -2.39. The molecule has 0 bridgehead atoms. The fourth-order valence-corrected chi connectivity index (χ4v) is 3.93. The summed E-state index contributed by atoms with van der Waals surface area (Å²) >= 11 is 0. The van der Waals surface area contributed by atoms with Gasteiger partial charge in [0.2, 0.25) is 5.91 Å². The Labute approximate surface area is 157 Å². The summed E-state index contributed by atoms with van der Waals surface area (Å²) in [6.07, 6.45) is -4.19. The van der Waals surface area contributed by atoms with E-state index >= 15 is 0 Å². The molecule has 1 aromatic carbocycles. The molecule has 2 rings (SSSR count). The summed E-state index contributed by atoms with van der Waals surface area (Å²) in [7, 11) is -4.59. The van der Waals surface area contributed by atoms with Crippen molar-refractivity contribution in [2.45, 2.75) is 42.3 Å². The van der Waals surface area contributed by atoms with Crippen molar-refractivity contribution < 1.29 is 44.3 Å². The van der Waals surface area contributed by atoms with Gasteiger partial charge in [-0.1, -0.05) is 12.8 Å². The van der Waals surface area contributed by atoms with Gasteiger partial charge in [-0.2, -0.15) is 26.3 Å². The van der Waals surface area contributed by atoms with Gasteiger partial charge in [0.1, 0.15) is 5.75 Å². The third-order valence-corrected chi connectivity index (χ3v) is 6.05. The maximum atomic E-state index is 13.2. The van der Waals surface area contributed by atoms with Crippen LogP contribution in [0.4, 0.5) is 32.0 Å². The monoisotopic (exact) mass is 433 g/mol. The molecule has 28 heavy (non-hydrogen) atoms.